The summed E-state index contributed by atoms with van der Waals surface area (Å²) >= 11 is 1.17. The maximum atomic E-state index is 13.6. The number of hydrogen-bond donors (Lipinski definition) is 2. The number of nitrogens with one attached hydrogen (secondary N) is 2. The van der Waals surface area contributed by atoms with Crippen molar-refractivity contribution in [1.82, 2.24) is 5.32 Å². The lowest BCUT2D eigenvalue weighted by atomic mass is 10.2. The lowest BCUT2D eigenvalue weighted by Gasteiger charge is -2.08. The van der Waals surface area contributed by atoms with Gasteiger partial charge in [-0.25, -0.2) is 9.38 Å². The van der Waals surface area contributed by atoms with Gasteiger partial charge in [-0.3, -0.25) is 9.59 Å². The van der Waals surface area contributed by atoms with Crippen LogP contribution in [0.15, 0.2) is 53.5 Å². The van der Waals surface area contributed by atoms with E-state index in [1.54, 1.807) is 30.3 Å². The smallest absolute Gasteiger partial charge is 0.240 e. The average Bonchev–Trinajstić information content (AvgIpc) is 2.98. The zero-order valence-corrected chi connectivity index (χ0v) is 15.4. The van der Waals surface area contributed by atoms with Crippen LogP contribution in [0.1, 0.15) is 13.3 Å². The fourth-order valence-electron chi connectivity index (χ4n) is 2.43. The van der Waals surface area contributed by atoms with E-state index in [1.807, 2.05) is 6.92 Å². The Labute approximate surface area is 160 Å². The number of ether oxygens (including phenoxy) is 1. The minimum atomic E-state index is -0.613. The van der Waals surface area contributed by atoms with Gasteiger partial charge in [-0.05, 0) is 43.3 Å². The molecule has 1 aliphatic rings. The predicted molar refractivity (Wildman–Crippen MR) is 104 cm³/mol. The van der Waals surface area contributed by atoms with Gasteiger partial charge >= 0.3 is 0 Å². The number of benzene rings is 2. The van der Waals surface area contributed by atoms with Crippen LogP contribution >= 0.6 is 11.8 Å². The summed E-state index contributed by atoms with van der Waals surface area (Å²) in [5, 5.41) is 4.95. The zero-order chi connectivity index (χ0) is 19.2. The van der Waals surface area contributed by atoms with Crippen molar-refractivity contribution in [2.75, 3.05) is 11.9 Å². The second kappa shape index (κ2) is 8.68. The number of amidine groups is 1. The van der Waals surface area contributed by atoms with Crippen molar-refractivity contribution < 1.29 is 18.7 Å². The Morgan fingerprint density at radius 3 is 2.70 bits per heavy atom. The standard InChI is InChI=1S/C19H18FN3O3S/c1-2-26-13-9-7-12(8-10-13)21-19-23-18(25)16(27-19)11-17(24)22-15-6-4-3-5-14(15)20/h3-10,16H,2,11H2,1H3,(H,22,24)(H,21,23,25)/t16-/m1/s1. The molecule has 0 spiro atoms. The Bertz CT molecular complexity index is 871. The van der Waals surface area contributed by atoms with E-state index >= 15 is 0 Å². The number of rotatable bonds is 6. The highest BCUT2D eigenvalue weighted by Gasteiger charge is 2.32. The van der Waals surface area contributed by atoms with E-state index in [0.717, 1.165) is 5.75 Å². The molecule has 2 N–H and O–H groups in total. The lowest BCUT2D eigenvalue weighted by molar-refractivity contribution is -0.122. The predicted octanol–water partition coefficient (Wildman–Crippen LogP) is 3.47. The summed E-state index contributed by atoms with van der Waals surface area (Å²) in [7, 11) is 0. The summed E-state index contributed by atoms with van der Waals surface area (Å²) in [5.74, 6) is -0.511. The summed E-state index contributed by atoms with van der Waals surface area (Å²) in [6, 6.07) is 13.0. The molecule has 0 radical (unpaired) electrons. The maximum absolute atomic E-state index is 13.6. The fourth-order valence-corrected chi connectivity index (χ4v) is 3.41. The second-order valence-electron chi connectivity index (χ2n) is 5.67. The van der Waals surface area contributed by atoms with Gasteiger partial charge in [-0.15, -0.1) is 0 Å². The number of aliphatic imine (C=N–C) groups is 1. The summed E-state index contributed by atoms with van der Waals surface area (Å²) < 4.78 is 19.0. The Morgan fingerprint density at radius 2 is 2.00 bits per heavy atom. The van der Waals surface area contributed by atoms with Crippen LogP contribution in [0.5, 0.6) is 5.75 Å². The first kappa shape index (κ1) is 18.9. The molecule has 0 bridgehead atoms. The third-order valence-electron chi connectivity index (χ3n) is 3.67. The molecule has 2 aromatic carbocycles. The first-order valence-corrected chi connectivity index (χ1v) is 9.26. The van der Waals surface area contributed by atoms with Crippen molar-refractivity contribution in [3.8, 4) is 5.75 Å². The number of carbonyl (C=O) groups is 2. The van der Waals surface area contributed by atoms with Crippen LogP contribution in [-0.2, 0) is 9.59 Å². The van der Waals surface area contributed by atoms with E-state index in [2.05, 4.69) is 15.6 Å². The molecule has 2 aromatic rings. The van der Waals surface area contributed by atoms with E-state index in [4.69, 9.17) is 4.74 Å². The van der Waals surface area contributed by atoms with Crippen LogP contribution in [0, 0.1) is 5.82 Å². The van der Waals surface area contributed by atoms with Crippen molar-refractivity contribution in [2.24, 2.45) is 4.99 Å². The molecule has 3 rings (SSSR count). The normalized spacial score (nSPS) is 17.6. The Morgan fingerprint density at radius 1 is 1.26 bits per heavy atom. The number of thioether (sulfide) groups is 1. The van der Waals surface area contributed by atoms with Crippen molar-refractivity contribution in [1.29, 1.82) is 0 Å². The van der Waals surface area contributed by atoms with Crippen LogP contribution < -0.4 is 15.4 Å². The van der Waals surface area contributed by atoms with E-state index in [-0.39, 0.29) is 18.0 Å². The first-order valence-electron chi connectivity index (χ1n) is 8.38. The van der Waals surface area contributed by atoms with Gasteiger partial charge < -0.3 is 15.4 Å². The van der Waals surface area contributed by atoms with Crippen molar-refractivity contribution in [3.05, 3.63) is 54.3 Å². The molecular formula is C19H18FN3O3S. The second-order valence-corrected chi connectivity index (χ2v) is 6.86. The van der Waals surface area contributed by atoms with Crippen LogP contribution in [0.2, 0.25) is 0 Å². The van der Waals surface area contributed by atoms with Crippen LogP contribution in [0.25, 0.3) is 0 Å². The Hall–Kier alpha value is -2.87. The first-order chi connectivity index (χ1) is 13.0. The molecule has 8 heteroatoms. The number of halogens is 1. The average molecular weight is 387 g/mol. The number of carbonyl (C=O) groups excluding carboxylic acids is 2. The van der Waals surface area contributed by atoms with Gasteiger partial charge in [0, 0.05) is 6.42 Å². The molecule has 6 nitrogen and oxygen atoms in total. The van der Waals surface area contributed by atoms with E-state index in [0.29, 0.717) is 17.5 Å². The molecule has 0 aromatic heterocycles. The summed E-state index contributed by atoms with van der Waals surface area (Å²) in [6.07, 6.45) is -0.0763. The van der Waals surface area contributed by atoms with Gasteiger partial charge in [0.2, 0.25) is 11.8 Å². The van der Waals surface area contributed by atoms with E-state index in [9.17, 15) is 14.0 Å². The molecule has 1 atom stereocenters. The molecule has 140 valence electrons. The van der Waals surface area contributed by atoms with Crippen LogP contribution in [0.4, 0.5) is 15.8 Å². The third-order valence-corrected chi connectivity index (χ3v) is 4.76. The van der Waals surface area contributed by atoms with Gasteiger partial charge in [0.25, 0.3) is 0 Å². The summed E-state index contributed by atoms with van der Waals surface area (Å²) in [4.78, 5) is 28.6. The van der Waals surface area contributed by atoms with Gasteiger partial charge in [-0.2, -0.15) is 0 Å². The van der Waals surface area contributed by atoms with E-state index < -0.39 is 17.0 Å². The quantitative estimate of drug-likeness (QED) is 0.795. The molecule has 1 saturated heterocycles. The minimum Gasteiger partial charge on any atom is -0.494 e. The minimum absolute atomic E-state index is 0.0763. The molecule has 1 fully saturated rings. The van der Waals surface area contributed by atoms with Crippen LogP contribution in [-0.4, -0.2) is 28.8 Å². The number of para-hydroxylation sites is 1. The highest BCUT2D eigenvalue weighted by molar-refractivity contribution is 8.15. The molecule has 0 unspecified atom stereocenters. The molecule has 0 aliphatic carbocycles. The van der Waals surface area contributed by atoms with E-state index in [1.165, 1.54) is 30.0 Å². The SMILES string of the molecule is CCOc1ccc(N=C2NC(=O)[C@@H](CC(=O)Nc3ccccc3F)S2)cc1. The highest BCUT2D eigenvalue weighted by Crippen LogP contribution is 2.26. The third kappa shape index (κ3) is 5.07. The monoisotopic (exact) mass is 387 g/mol. The van der Waals surface area contributed by atoms with Crippen molar-refractivity contribution in [3.63, 3.8) is 0 Å². The molecule has 1 heterocycles. The molecule has 1 aliphatic heterocycles. The fraction of sp³-hybridized carbons (Fsp3) is 0.211. The number of hydrogen-bond acceptors (Lipinski definition) is 5. The zero-order valence-electron chi connectivity index (χ0n) is 14.6. The topological polar surface area (TPSA) is 79.8 Å². The largest absolute Gasteiger partial charge is 0.494 e. The van der Waals surface area contributed by atoms with Crippen LogP contribution in [0.3, 0.4) is 0 Å². The van der Waals surface area contributed by atoms with Gasteiger partial charge in [0.15, 0.2) is 5.17 Å². The number of anilines is 1. The molecular weight excluding hydrogens is 369 g/mol. The van der Waals surface area contributed by atoms with Crippen molar-refractivity contribution >= 4 is 40.1 Å². The molecule has 27 heavy (non-hydrogen) atoms. The van der Waals surface area contributed by atoms with Gasteiger partial charge in [0.1, 0.15) is 16.8 Å². The molecule has 2 amide bonds. The number of amides is 2. The van der Waals surface area contributed by atoms with Gasteiger partial charge in [0.05, 0.1) is 18.0 Å². The summed E-state index contributed by atoms with van der Waals surface area (Å²) in [6.45, 7) is 2.48. The maximum Gasteiger partial charge on any atom is 0.240 e. The Kier molecular flexibility index (Phi) is 6.08. The Balaban J connectivity index is 1.59. The molecule has 0 saturated carbocycles. The summed E-state index contributed by atoms with van der Waals surface area (Å²) in [5.41, 5.74) is 0.756. The lowest BCUT2D eigenvalue weighted by Crippen LogP contribution is -2.28. The number of nitrogens with zero attached hydrogens (tertiary/aromatic N) is 1. The highest BCUT2D eigenvalue weighted by atomic mass is 32.2. The van der Waals surface area contributed by atoms with Gasteiger partial charge in [-0.1, -0.05) is 23.9 Å². The van der Waals surface area contributed by atoms with Crippen molar-refractivity contribution in [2.45, 2.75) is 18.6 Å².